The first-order valence-electron chi connectivity index (χ1n) is 8.08. The molecule has 1 atom stereocenters. The number of amides is 1. The summed E-state index contributed by atoms with van der Waals surface area (Å²) in [6, 6.07) is 7.57. The Hall–Kier alpha value is -2.48. The van der Waals surface area contributed by atoms with E-state index in [4.69, 9.17) is 10.5 Å². The van der Waals surface area contributed by atoms with Crippen LogP contribution in [-0.4, -0.2) is 25.6 Å². The highest BCUT2D eigenvalue weighted by atomic mass is 16.5. The summed E-state index contributed by atoms with van der Waals surface area (Å²) in [4.78, 5) is 21.8. The number of esters is 1. The van der Waals surface area contributed by atoms with Crippen molar-refractivity contribution in [3.8, 4) is 17.6 Å². The smallest absolute Gasteiger partial charge is 0.305 e. The second-order valence-electron chi connectivity index (χ2n) is 5.68. The van der Waals surface area contributed by atoms with Crippen molar-refractivity contribution in [2.45, 2.75) is 39.0 Å². The molecule has 130 valence electrons. The zero-order valence-corrected chi connectivity index (χ0v) is 14.3. The minimum absolute atomic E-state index is 0.211. The number of hydrogen-bond donors (Lipinski definition) is 1. The molecule has 2 N–H and O–H groups in total. The van der Waals surface area contributed by atoms with Crippen LogP contribution in [0.3, 0.4) is 0 Å². The predicted octanol–water partition coefficient (Wildman–Crippen LogP) is 2.66. The molecule has 0 aliphatic carbocycles. The number of hydrogen-bond acceptors (Lipinski definition) is 4. The highest BCUT2D eigenvalue weighted by Gasteiger charge is 2.05. The summed E-state index contributed by atoms with van der Waals surface area (Å²) in [6.07, 6.45) is 2.81. The molecule has 5 nitrogen and oxygen atoms in total. The molecule has 0 aliphatic heterocycles. The summed E-state index contributed by atoms with van der Waals surface area (Å²) < 4.78 is 10.3. The number of primary amides is 1. The normalized spacial score (nSPS) is 11.1. The van der Waals surface area contributed by atoms with E-state index in [1.807, 2.05) is 31.2 Å². The van der Waals surface area contributed by atoms with Gasteiger partial charge in [-0.2, -0.15) is 0 Å². The topological polar surface area (TPSA) is 78.6 Å². The number of nitrogens with two attached hydrogens (primary N) is 1. The average Bonchev–Trinajstić information content (AvgIpc) is 2.58. The van der Waals surface area contributed by atoms with Gasteiger partial charge < -0.3 is 15.2 Å². The summed E-state index contributed by atoms with van der Waals surface area (Å²) in [7, 11) is 1.38. The Kier molecular flexibility index (Phi) is 9.06. The number of methoxy groups -OCH3 is 1. The number of carbonyl (C=O) groups excluding carboxylic acids is 2. The maximum absolute atomic E-state index is 11.0. The lowest BCUT2D eigenvalue weighted by Gasteiger charge is -2.12. The number of benzene rings is 1. The number of unbranched alkanes of at least 4 members (excludes halogenated alkanes) is 1. The highest BCUT2D eigenvalue weighted by molar-refractivity contribution is 5.73. The standard InChI is InChI=1S/C19H25NO4/c1-15(11-12-18(20)21)14-24-17-9-6-8-16(13-17)7-4-3-5-10-19(22)23-2/h6,8-9,13,15H,3,5,10-12,14H2,1-2H3,(H2,20,21)/t15-/m0/s1. The van der Waals surface area contributed by atoms with Gasteiger partial charge in [0, 0.05) is 24.8 Å². The van der Waals surface area contributed by atoms with Crippen molar-refractivity contribution in [2.75, 3.05) is 13.7 Å². The molecule has 0 fully saturated rings. The van der Waals surface area contributed by atoms with E-state index in [0.29, 0.717) is 32.3 Å². The van der Waals surface area contributed by atoms with E-state index in [9.17, 15) is 9.59 Å². The van der Waals surface area contributed by atoms with Crippen molar-refractivity contribution in [1.29, 1.82) is 0 Å². The summed E-state index contributed by atoms with van der Waals surface area (Å²) in [5.41, 5.74) is 6.01. The molecule has 1 rings (SSSR count). The third kappa shape index (κ3) is 8.84. The van der Waals surface area contributed by atoms with Gasteiger partial charge >= 0.3 is 5.97 Å². The van der Waals surface area contributed by atoms with Crippen molar-refractivity contribution < 1.29 is 19.1 Å². The van der Waals surface area contributed by atoms with Gasteiger partial charge in [0.05, 0.1) is 13.7 Å². The molecular formula is C19H25NO4. The maximum Gasteiger partial charge on any atom is 0.305 e. The third-order valence-corrected chi connectivity index (χ3v) is 3.40. The van der Waals surface area contributed by atoms with Crippen LogP contribution in [0.5, 0.6) is 5.75 Å². The minimum atomic E-state index is -0.286. The molecule has 0 spiro atoms. The van der Waals surface area contributed by atoms with Crippen LogP contribution in [0.15, 0.2) is 24.3 Å². The molecule has 24 heavy (non-hydrogen) atoms. The Balaban J connectivity index is 2.41. The molecule has 0 radical (unpaired) electrons. The molecule has 0 saturated carbocycles. The van der Waals surface area contributed by atoms with Crippen LogP contribution in [0.2, 0.25) is 0 Å². The quantitative estimate of drug-likeness (QED) is 0.429. The van der Waals surface area contributed by atoms with Gasteiger partial charge in [-0.25, -0.2) is 0 Å². The van der Waals surface area contributed by atoms with Crippen LogP contribution in [0.1, 0.15) is 44.6 Å². The first-order valence-corrected chi connectivity index (χ1v) is 8.08. The number of ether oxygens (including phenoxy) is 2. The van der Waals surface area contributed by atoms with E-state index in [2.05, 4.69) is 16.6 Å². The number of carbonyl (C=O) groups is 2. The molecule has 1 aromatic rings. The fraction of sp³-hybridized carbons (Fsp3) is 0.474. The minimum Gasteiger partial charge on any atom is -0.493 e. The average molecular weight is 331 g/mol. The number of rotatable bonds is 9. The zero-order chi connectivity index (χ0) is 17.8. The predicted molar refractivity (Wildman–Crippen MR) is 92.3 cm³/mol. The van der Waals surface area contributed by atoms with Gasteiger partial charge in [0.2, 0.25) is 5.91 Å². The van der Waals surface area contributed by atoms with E-state index < -0.39 is 0 Å². The summed E-state index contributed by atoms with van der Waals surface area (Å²) in [5, 5.41) is 0. The molecule has 1 amide bonds. The second-order valence-corrected chi connectivity index (χ2v) is 5.68. The van der Waals surface area contributed by atoms with Crippen molar-refractivity contribution in [1.82, 2.24) is 0 Å². The zero-order valence-electron chi connectivity index (χ0n) is 14.3. The SMILES string of the molecule is COC(=O)CCCC#Cc1cccc(OC[C@@H](C)CCC(N)=O)c1. The van der Waals surface area contributed by atoms with Gasteiger partial charge in [-0.3, -0.25) is 9.59 Å². The lowest BCUT2D eigenvalue weighted by atomic mass is 10.1. The molecule has 1 aromatic carbocycles. The molecule has 5 heteroatoms. The van der Waals surface area contributed by atoms with E-state index in [1.54, 1.807) is 0 Å². The fourth-order valence-electron chi connectivity index (χ4n) is 1.96. The van der Waals surface area contributed by atoms with Crippen LogP contribution in [-0.2, 0) is 14.3 Å². The highest BCUT2D eigenvalue weighted by Crippen LogP contribution is 2.15. The van der Waals surface area contributed by atoms with Gasteiger partial charge in [0.15, 0.2) is 0 Å². The van der Waals surface area contributed by atoms with Gasteiger partial charge in [0.25, 0.3) is 0 Å². The Morgan fingerprint density at radius 1 is 1.29 bits per heavy atom. The Labute approximate surface area is 143 Å². The van der Waals surface area contributed by atoms with Gasteiger partial charge in [-0.15, -0.1) is 0 Å². The first-order chi connectivity index (χ1) is 11.5. The van der Waals surface area contributed by atoms with Crippen molar-refractivity contribution >= 4 is 11.9 Å². The van der Waals surface area contributed by atoms with Crippen LogP contribution in [0.4, 0.5) is 0 Å². The molecule has 0 saturated heterocycles. The van der Waals surface area contributed by atoms with Crippen LogP contribution in [0.25, 0.3) is 0 Å². The molecule has 0 aliphatic rings. The van der Waals surface area contributed by atoms with Crippen LogP contribution in [0, 0.1) is 17.8 Å². The second kappa shape index (κ2) is 11.1. The first kappa shape index (κ1) is 19.6. The van der Waals surface area contributed by atoms with Gasteiger partial charge in [0.1, 0.15) is 5.75 Å². The fourth-order valence-corrected chi connectivity index (χ4v) is 1.96. The van der Waals surface area contributed by atoms with E-state index >= 15 is 0 Å². The van der Waals surface area contributed by atoms with Crippen LogP contribution >= 0.6 is 0 Å². The molecular weight excluding hydrogens is 306 g/mol. The summed E-state index contributed by atoms with van der Waals surface area (Å²) >= 11 is 0. The van der Waals surface area contributed by atoms with Gasteiger partial charge in [-0.05, 0) is 37.0 Å². The maximum atomic E-state index is 11.0. The molecule has 0 bridgehead atoms. The Morgan fingerprint density at radius 2 is 2.08 bits per heavy atom. The van der Waals surface area contributed by atoms with Crippen molar-refractivity contribution in [3.05, 3.63) is 29.8 Å². The molecule has 0 aromatic heterocycles. The van der Waals surface area contributed by atoms with Crippen molar-refractivity contribution in [3.63, 3.8) is 0 Å². The Morgan fingerprint density at radius 3 is 2.79 bits per heavy atom. The lowest BCUT2D eigenvalue weighted by Crippen LogP contribution is -2.15. The third-order valence-electron chi connectivity index (χ3n) is 3.40. The van der Waals surface area contributed by atoms with Crippen LogP contribution < -0.4 is 10.5 Å². The van der Waals surface area contributed by atoms with E-state index in [-0.39, 0.29) is 17.8 Å². The van der Waals surface area contributed by atoms with E-state index in [1.165, 1.54) is 7.11 Å². The lowest BCUT2D eigenvalue weighted by molar-refractivity contribution is -0.140. The summed E-state index contributed by atoms with van der Waals surface area (Å²) in [5.74, 6) is 6.61. The Bertz CT molecular complexity index is 601. The summed E-state index contributed by atoms with van der Waals surface area (Å²) in [6.45, 7) is 2.55. The van der Waals surface area contributed by atoms with E-state index in [0.717, 1.165) is 17.7 Å². The monoisotopic (exact) mass is 331 g/mol. The largest absolute Gasteiger partial charge is 0.493 e. The van der Waals surface area contributed by atoms with Crippen molar-refractivity contribution in [2.24, 2.45) is 11.7 Å². The van der Waals surface area contributed by atoms with Gasteiger partial charge in [-0.1, -0.05) is 24.8 Å². The molecule has 0 heterocycles. The molecule has 0 unspecified atom stereocenters.